The minimum absolute atomic E-state index is 0.0206. The number of anilines is 1. The van der Waals surface area contributed by atoms with Crippen LogP contribution >= 0.6 is 11.8 Å². The lowest BCUT2D eigenvalue weighted by Crippen LogP contribution is -2.38. The largest absolute Gasteiger partial charge is 0.326 e. The molecule has 0 spiro atoms. The number of hydrogen-bond acceptors (Lipinski definition) is 6. The van der Waals surface area contributed by atoms with Crippen molar-refractivity contribution in [2.24, 2.45) is 5.92 Å². The molecule has 0 radical (unpaired) electrons. The van der Waals surface area contributed by atoms with Crippen LogP contribution in [0.15, 0.2) is 28.2 Å². The first-order chi connectivity index (χ1) is 12.8. The molecule has 8 nitrogen and oxygen atoms in total. The van der Waals surface area contributed by atoms with Gasteiger partial charge >= 0.3 is 0 Å². The highest BCUT2D eigenvalue weighted by atomic mass is 32.2. The van der Waals surface area contributed by atoms with Crippen LogP contribution in [0.4, 0.5) is 11.4 Å². The number of nitrogens with zero attached hydrogens (tertiary/aromatic N) is 3. The Labute approximate surface area is 160 Å². The van der Waals surface area contributed by atoms with E-state index < -0.39 is 4.92 Å². The Morgan fingerprint density at radius 1 is 1.44 bits per heavy atom. The van der Waals surface area contributed by atoms with Crippen molar-refractivity contribution < 1.29 is 9.72 Å². The van der Waals surface area contributed by atoms with Crippen molar-refractivity contribution in [3.63, 3.8) is 0 Å². The van der Waals surface area contributed by atoms with Crippen molar-refractivity contribution in [1.29, 1.82) is 0 Å². The Balaban J connectivity index is 1.80. The fourth-order valence-electron chi connectivity index (χ4n) is 3.10. The van der Waals surface area contributed by atoms with Crippen molar-refractivity contribution in [3.05, 3.63) is 55.5 Å². The molecular formula is C18H20N4O4S. The van der Waals surface area contributed by atoms with Crippen LogP contribution in [-0.4, -0.2) is 26.1 Å². The topological polar surface area (TPSA) is 107 Å². The number of rotatable bonds is 4. The zero-order chi connectivity index (χ0) is 19.7. The van der Waals surface area contributed by atoms with Gasteiger partial charge in [-0.2, -0.15) is 0 Å². The minimum Gasteiger partial charge on any atom is -0.326 e. The van der Waals surface area contributed by atoms with Crippen molar-refractivity contribution in [3.8, 4) is 0 Å². The van der Waals surface area contributed by atoms with Gasteiger partial charge in [0.1, 0.15) is 0 Å². The summed E-state index contributed by atoms with van der Waals surface area (Å²) in [5.74, 6) is -0.0745. The molecule has 1 aromatic carbocycles. The molecular weight excluding hydrogens is 368 g/mol. The molecule has 0 saturated heterocycles. The molecule has 0 bridgehead atoms. The summed E-state index contributed by atoms with van der Waals surface area (Å²) in [5, 5.41) is 14.3. The predicted molar refractivity (Wildman–Crippen MR) is 103 cm³/mol. The number of aromatic nitrogens is 2. The smallest absolute Gasteiger partial charge is 0.269 e. The van der Waals surface area contributed by atoms with E-state index in [2.05, 4.69) is 10.3 Å². The van der Waals surface area contributed by atoms with E-state index in [0.717, 1.165) is 5.69 Å². The molecule has 1 N–H and O–H groups in total. The number of nitro groups is 1. The van der Waals surface area contributed by atoms with Crippen LogP contribution in [0, 0.1) is 29.9 Å². The number of carbonyl (C=O) groups excluding carboxylic acids is 1. The number of non-ortho nitro benzene ring substituents is 1. The molecule has 0 fully saturated rings. The molecule has 3 rings (SSSR count). The molecule has 1 aromatic heterocycles. The summed E-state index contributed by atoms with van der Waals surface area (Å²) in [7, 11) is 0. The summed E-state index contributed by atoms with van der Waals surface area (Å²) in [5.41, 5.74) is 2.45. The number of nitrogens with one attached hydrogen (secondary N) is 1. The predicted octanol–water partition coefficient (Wildman–Crippen LogP) is 2.69. The van der Waals surface area contributed by atoms with Gasteiger partial charge in [0.05, 0.1) is 10.8 Å². The van der Waals surface area contributed by atoms with Crippen LogP contribution in [-0.2, 0) is 17.8 Å². The average Bonchev–Trinajstić information content (AvgIpc) is 2.63. The lowest BCUT2D eigenvalue weighted by atomic mass is 10.1. The molecule has 27 heavy (non-hydrogen) atoms. The van der Waals surface area contributed by atoms with E-state index in [1.165, 1.54) is 30.0 Å². The van der Waals surface area contributed by atoms with Crippen molar-refractivity contribution in [2.45, 2.75) is 38.9 Å². The summed E-state index contributed by atoms with van der Waals surface area (Å²) in [4.78, 5) is 40.2. The van der Waals surface area contributed by atoms with Crippen molar-refractivity contribution >= 4 is 29.0 Å². The van der Waals surface area contributed by atoms with E-state index in [1.807, 2.05) is 13.8 Å². The van der Waals surface area contributed by atoms with E-state index in [1.54, 1.807) is 11.5 Å². The van der Waals surface area contributed by atoms with Gasteiger partial charge in [0.25, 0.3) is 11.2 Å². The summed E-state index contributed by atoms with van der Waals surface area (Å²) in [6.07, 6.45) is 0.599. The number of hydrogen-bond donors (Lipinski definition) is 1. The first kappa shape index (κ1) is 19.1. The van der Waals surface area contributed by atoms with E-state index in [-0.39, 0.29) is 29.6 Å². The second kappa shape index (κ2) is 7.51. The molecule has 142 valence electrons. The monoisotopic (exact) mass is 388 g/mol. The van der Waals surface area contributed by atoms with Gasteiger partial charge in [-0.3, -0.25) is 24.3 Å². The zero-order valence-corrected chi connectivity index (χ0v) is 16.1. The SMILES string of the molecule is CCc1c(C)nc2n(c1=O)CC(C(=O)Nc1ccc([N+](=O)[O-])cc1C)CS2. The highest BCUT2D eigenvalue weighted by Gasteiger charge is 2.28. The van der Waals surface area contributed by atoms with Gasteiger partial charge in [0, 0.05) is 41.4 Å². The zero-order valence-electron chi connectivity index (χ0n) is 15.3. The third kappa shape index (κ3) is 3.73. The average molecular weight is 388 g/mol. The Hall–Kier alpha value is -2.68. The highest BCUT2D eigenvalue weighted by Crippen LogP contribution is 2.28. The minimum atomic E-state index is -0.472. The number of carbonyl (C=O) groups is 1. The van der Waals surface area contributed by atoms with Crippen LogP contribution in [0.5, 0.6) is 0 Å². The van der Waals surface area contributed by atoms with Gasteiger partial charge in [-0.15, -0.1) is 0 Å². The normalized spacial score (nSPS) is 15.9. The maximum absolute atomic E-state index is 12.7. The lowest BCUT2D eigenvalue weighted by Gasteiger charge is -2.25. The Kier molecular flexibility index (Phi) is 5.31. The second-order valence-corrected chi connectivity index (χ2v) is 7.47. The molecule has 1 atom stereocenters. The van der Waals surface area contributed by atoms with E-state index in [0.29, 0.717) is 34.1 Å². The molecule has 1 unspecified atom stereocenters. The fraction of sp³-hybridized carbons (Fsp3) is 0.389. The summed E-state index contributed by atoms with van der Waals surface area (Å²) < 4.78 is 1.58. The van der Waals surface area contributed by atoms with Crippen LogP contribution in [0.3, 0.4) is 0 Å². The Bertz CT molecular complexity index is 986. The van der Waals surface area contributed by atoms with E-state index in [9.17, 15) is 19.7 Å². The Morgan fingerprint density at radius 2 is 2.19 bits per heavy atom. The number of fused-ring (bicyclic) bond motifs is 1. The number of nitro benzene ring substituents is 1. The van der Waals surface area contributed by atoms with Crippen molar-refractivity contribution in [2.75, 3.05) is 11.1 Å². The van der Waals surface area contributed by atoms with Crippen LogP contribution in [0.25, 0.3) is 0 Å². The van der Waals surface area contributed by atoms with Gasteiger partial charge in [-0.1, -0.05) is 18.7 Å². The van der Waals surface area contributed by atoms with Crippen LogP contribution < -0.4 is 10.9 Å². The van der Waals surface area contributed by atoms with E-state index >= 15 is 0 Å². The van der Waals surface area contributed by atoms with Gasteiger partial charge in [-0.05, 0) is 31.9 Å². The third-order valence-electron chi connectivity index (χ3n) is 4.65. The first-order valence-corrected chi connectivity index (χ1v) is 9.59. The van der Waals surface area contributed by atoms with Gasteiger partial charge in [0.2, 0.25) is 5.91 Å². The summed E-state index contributed by atoms with van der Waals surface area (Å²) >= 11 is 1.40. The van der Waals surface area contributed by atoms with Crippen LogP contribution in [0.2, 0.25) is 0 Å². The third-order valence-corrected chi connectivity index (χ3v) is 5.79. The summed E-state index contributed by atoms with van der Waals surface area (Å²) in [6, 6.07) is 4.31. The highest BCUT2D eigenvalue weighted by molar-refractivity contribution is 7.99. The number of aryl methyl sites for hydroxylation is 2. The quantitative estimate of drug-likeness (QED) is 0.490. The van der Waals surface area contributed by atoms with Gasteiger partial charge < -0.3 is 5.32 Å². The molecule has 9 heteroatoms. The maximum Gasteiger partial charge on any atom is 0.269 e. The molecule has 1 aliphatic rings. The second-order valence-electron chi connectivity index (χ2n) is 6.48. The Morgan fingerprint density at radius 3 is 2.81 bits per heavy atom. The molecule has 2 aromatic rings. The lowest BCUT2D eigenvalue weighted by molar-refractivity contribution is -0.384. The molecule has 2 heterocycles. The molecule has 1 aliphatic heterocycles. The first-order valence-electron chi connectivity index (χ1n) is 8.60. The van der Waals surface area contributed by atoms with Crippen molar-refractivity contribution in [1.82, 2.24) is 9.55 Å². The molecule has 0 aliphatic carbocycles. The number of benzene rings is 1. The van der Waals surface area contributed by atoms with Crippen LogP contribution in [0.1, 0.15) is 23.7 Å². The number of amides is 1. The molecule has 0 saturated carbocycles. The summed E-state index contributed by atoms with van der Waals surface area (Å²) in [6.45, 7) is 5.73. The van der Waals surface area contributed by atoms with Gasteiger partial charge in [0.15, 0.2) is 5.16 Å². The fourth-order valence-corrected chi connectivity index (χ4v) is 4.22. The van der Waals surface area contributed by atoms with E-state index in [4.69, 9.17) is 0 Å². The number of thioether (sulfide) groups is 1. The standard InChI is InChI=1S/C18H20N4O4S/c1-4-14-11(3)19-18-21(17(14)24)8-12(9-27-18)16(23)20-15-6-5-13(22(25)26)7-10(15)2/h5-7,12H,4,8-9H2,1-3H3,(H,20,23). The van der Waals surface area contributed by atoms with Gasteiger partial charge in [-0.25, -0.2) is 4.98 Å². The molecule has 1 amide bonds. The maximum atomic E-state index is 12.7.